The lowest BCUT2D eigenvalue weighted by atomic mass is 9.94. The summed E-state index contributed by atoms with van der Waals surface area (Å²) >= 11 is 0. The number of hydrogen-bond donors (Lipinski definition) is 0. The molecule has 1 saturated heterocycles. The van der Waals surface area contributed by atoms with Crippen LogP contribution in [0.5, 0.6) is 0 Å². The molecular formula is C20H15FN2O5. The third-order valence-corrected chi connectivity index (χ3v) is 4.59. The van der Waals surface area contributed by atoms with E-state index in [-0.39, 0.29) is 12.3 Å². The van der Waals surface area contributed by atoms with Gasteiger partial charge < -0.3 is 9.57 Å². The number of anilines is 1. The van der Waals surface area contributed by atoms with Crippen LogP contribution in [0.3, 0.4) is 0 Å². The Hall–Kier alpha value is -3.55. The van der Waals surface area contributed by atoms with Crippen LogP contribution in [-0.4, -0.2) is 36.2 Å². The van der Waals surface area contributed by atoms with E-state index in [4.69, 9.17) is 9.57 Å². The molecule has 0 radical (unpaired) electrons. The highest BCUT2D eigenvalue weighted by Gasteiger charge is 2.56. The number of carbonyl (C=O) groups is 3. The van der Waals surface area contributed by atoms with Crippen molar-refractivity contribution in [1.82, 2.24) is 0 Å². The molecule has 0 spiro atoms. The number of rotatable bonds is 4. The molecule has 0 unspecified atom stereocenters. The highest BCUT2D eigenvalue weighted by molar-refractivity contribution is 6.32. The van der Waals surface area contributed by atoms with Crippen molar-refractivity contribution in [2.24, 2.45) is 11.1 Å². The predicted molar refractivity (Wildman–Crippen MR) is 96.2 cm³/mol. The summed E-state index contributed by atoms with van der Waals surface area (Å²) in [4.78, 5) is 43.6. The molecule has 2 aliphatic heterocycles. The van der Waals surface area contributed by atoms with Crippen LogP contribution in [-0.2, 0) is 19.2 Å². The van der Waals surface area contributed by atoms with Gasteiger partial charge in [0.2, 0.25) is 12.0 Å². The Morgan fingerprint density at radius 3 is 2.43 bits per heavy atom. The fourth-order valence-corrected chi connectivity index (χ4v) is 3.25. The summed E-state index contributed by atoms with van der Waals surface area (Å²) in [6, 6.07) is 11.4. The van der Waals surface area contributed by atoms with E-state index in [0.29, 0.717) is 16.8 Å². The first kappa shape index (κ1) is 17.8. The quantitative estimate of drug-likeness (QED) is 0.598. The lowest BCUT2D eigenvalue weighted by Gasteiger charge is -2.15. The second-order valence-electron chi connectivity index (χ2n) is 6.27. The molecule has 0 aromatic heterocycles. The van der Waals surface area contributed by atoms with Crippen LogP contribution >= 0.6 is 0 Å². The Labute approximate surface area is 159 Å². The lowest BCUT2D eigenvalue weighted by Crippen LogP contribution is -2.33. The molecule has 0 aliphatic carbocycles. The van der Waals surface area contributed by atoms with Crippen molar-refractivity contribution >= 4 is 29.2 Å². The second-order valence-corrected chi connectivity index (χ2v) is 6.27. The van der Waals surface area contributed by atoms with Crippen LogP contribution in [0.4, 0.5) is 10.1 Å². The molecule has 0 saturated carbocycles. The first-order valence-corrected chi connectivity index (χ1v) is 8.66. The number of imide groups is 1. The summed E-state index contributed by atoms with van der Waals surface area (Å²) < 4.78 is 18.1. The van der Waals surface area contributed by atoms with Gasteiger partial charge in [0.1, 0.15) is 17.4 Å². The van der Waals surface area contributed by atoms with Gasteiger partial charge in [0.05, 0.1) is 17.9 Å². The summed E-state index contributed by atoms with van der Waals surface area (Å²) in [7, 11) is 0. The maximum Gasteiger partial charge on any atom is 0.338 e. The molecule has 0 bridgehead atoms. The molecule has 2 aromatic rings. The fourth-order valence-electron chi connectivity index (χ4n) is 3.25. The number of halogens is 1. The number of esters is 1. The van der Waals surface area contributed by atoms with Gasteiger partial charge in [-0.2, -0.15) is 0 Å². The summed E-state index contributed by atoms with van der Waals surface area (Å²) in [6.07, 6.45) is -1.06. The molecule has 7 nitrogen and oxygen atoms in total. The van der Waals surface area contributed by atoms with Crippen LogP contribution in [0.1, 0.15) is 22.8 Å². The Bertz CT molecular complexity index is 985. The zero-order chi connectivity index (χ0) is 19.8. The monoisotopic (exact) mass is 382 g/mol. The molecule has 8 heteroatoms. The predicted octanol–water partition coefficient (Wildman–Crippen LogP) is 2.29. The normalized spacial score (nSPS) is 20.6. The van der Waals surface area contributed by atoms with Crippen molar-refractivity contribution in [3.63, 3.8) is 0 Å². The minimum Gasteiger partial charge on any atom is -0.462 e. The number of nitrogens with zero attached hydrogens (tertiary/aromatic N) is 2. The van der Waals surface area contributed by atoms with Crippen LogP contribution < -0.4 is 4.90 Å². The SMILES string of the molecule is CCOC(=O)c1ccc(N2C(=O)[C@H]3C(c4ccc(F)cc4)=NO[C@@H]3C2=O)cc1. The molecular weight excluding hydrogens is 367 g/mol. The Morgan fingerprint density at radius 2 is 1.79 bits per heavy atom. The molecule has 1 fully saturated rings. The summed E-state index contributed by atoms with van der Waals surface area (Å²) in [5, 5.41) is 3.87. The van der Waals surface area contributed by atoms with Gasteiger partial charge in [-0.05, 0) is 43.3 Å². The first-order chi connectivity index (χ1) is 13.5. The van der Waals surface area contributed by atoms with Crippen molar-refractivity contribution in [2.75, 3.05) is 11.5 Å². The van der Waals surface area contributed by atoms with Crippen molar-refractivity contribution in [3.8, 4) is 0 Å². The lowest BCUT2D eigenvalue weighted by molar-refractivity contribution is -0.126. The number of fused-ring (bicyclic) bond motifs is 1. The molecule has 2 heterocycles. The first-order valence-electron chi connectivity index (χ1n) is 8.66. The molecule has 2 atom stereocenters. The molecule has 2 aliphatic rings. The Morgan fingerprint density at radius 1 is 1.11 bits per heavy atom. The van der Waals surface area contributed by atoms with E-state index in [1.54, 1.807) is 6.92 Å². The van der Waals surface area contributed by atoms with Crippen molar-refractivity contribution in [3.05, 3.63) is 65.5 Å². The second kappa shape index (κ2) is 6.88. The van der Waals surface area contributed by atoms with Crippen LogP contribution in [0, 0.1) is 11.7 Å². The highest BCUT2D eigenvalue weighted by Crippen LogP contribution is 2.35. The third kappa shape index (κ3) is 2.83. The standard InChI is InChI=1S/C20H15FN2O5/c1-2-27-20(26)12-5-9-14(10-6-12)23-18(24)15-16(22-28-17(15)19(23)25)11-3-7-13(21)8-4-11/h3-10,15,17H,2H2,1H3/t15-,17-/m0/s1. The molecule has 142 valence electrons. The fraction of sp³-hybridized carbons (Fsp3) is 0.200. The summed E-state index contributed by atoms with van der Waals surface area (Å²) in [5.41, 5.74) is 1.43. The molecule has 0 N–H and O–H groups in total. The van der Waals surface area contributed by atoms with E-state index in [0.717, 1.165) is 4.90 Å². The number of carbonyl (C=O) groups excluding carboxylic acids is 3. The van der Waals surface area contributed by atoms with Gasteiger partial charge in [-0.15, -0.1) is 0 Å². The largest absolute Gasteiger partial charge is 0.462 e. The Balaban J connectivity index is 1.60. The zero-order valence-electron chi connectivity index (χ0n) is 14.8. The van der Waals surface area contributed by atoms with Gasteiger partial charge in [0.25, 0.3) is 5.91 Å². The van der Waals surface area contributed by atoms with Gasteiger partial charge >= 0.3 is 5.97 Å². The maximum atomic E-state index is 13.2. The Kier molecular flexibility index (Phi) is 4.38. The third-order valence-electron chi connectivity index (χ3n) is 4.59. The van der Waals surface area contributed by atoms with Crippen molar-refractivity contribution < 1.29 is 28.3 Å². The smallest absolute Gasteiger partial charge is 0.338 e. The number of ether oxygens (including phenoxy) is 1. The van der Waals surface area contributed by atoms with Gasteiger partial charge in [-0.25, -0.2) is 14.1 Å². The highest BCUT2D eigenvalue weighted by atomic mass is 19.1. The van der Waals surface area contributed by atoms with Crippen LogP contribution in [0.15, 0.2) is 53.7 Å². The average molecular weight is 382 g/mol. The van der Waals surface area contributed by atoms with Crippen LogP contribution in [0.25, 0.3) is 0 Å². The zero-order valence-corrected chi connectivity index (χ0v) is 14.8. The van der Waals surface area contributed by atoms with Gasteiger partial charge in [-0.3, -0.25) is 9.59 Å². The average Bonchev–Trinajstić information content (AvgIpc) is 3.23. The molecule has 2 amide bonds. The van der Waals surface area contributed by atoms with Crippen LogP contribution in [0.2, 0.25) is 0 Å². The summed E-state index contributed by atoms with van der Waals surface area (Å²) in [5.74, 6) is -2.84. The van der Waals surface area contributed by atoms with E-state index < -0.39 is 35.6 Å². The molecule has 28 heavy (non-hydrogen) atoms. The van der Waals surface area contributed by atoms with E-state index in [1.165, 1.54) is 48.5 Å². The topological polar surface area (TPSA) is 85.3 Å². The van der Waals surface area contributed by atoms with E-state index >= 15 is 0 Å². The number of hydrogen-bond acceptors (Lipinski definition) is 6. The minimum atomic E-state index is -1.06. The van der Waals surface area contributed by atoms with E-state index in [1.807, 2.05) is 0 Å². The number of oxime groups is 1. The van der Waals surface area contributed by atoms with Crippen molar-refractivity contribution in [2.45, 2.75) is 13.0 Å². The molecule has 2 aromatic carbocycles. The molecule has 4 rings (SSSR count). The number of benzene rings is 2. The van der Waals surface area contributed by atoms with E-state index in [9.17, 15) is 18.8 Å². The maximum absolute atomic E-state index is 13.2. The van der Waals surface area contributed by atoms with Crippen molar-refractivity contribution in [1.29, 1.82) is 0 Å². The summed E-state index contributed by atoms with van der Waals surface area (Å²) in [6.45, 7) is 1.95. The number of amides is 2. The van der Waals surface area contributed by atoms with Gasteiger partial charge in [-0.1, -0.05) is 17.3 Å². The van der Waals surface area contributed by atoms with Gasteiger partial charge in [0, 0.05) is 5.56 Å². The minimum absolute atomic E-state index is 0.246. The van der Waals surface area contributed by atoms with Gasteiger partial charge in [0.15, 0.2) is 0 Å². The van der Waals surface area contributed by atoms with E-state index in [2.05, 4.69) is 5.16 Å².